The molecule has 1 atom stereocenters. The van der Waals surface area contributed by atoms with E-state index in [2.05, 4.69) is 52.1 Å². The molecule has 2 aromatic carbocycles. The third kappa shape index (κ3) is 8.37. The molecule has 182 valence electrons. The summed E-state index contributed by atoms with van der Waals surface area (Å²) in [5, 5.41) is 13.5. The highest BCUT2D eigenvalue weighted by molar-refractivity contribution is 5.92. The Morgan fingerprint density at radius 3 is 2.27 bits per heavy atom. The minimum absolute atomic E-state index is 0.0788. The van der Waals surface area contributed by atoms with Crippen molar-refractivity contribution in [3.63, 3.8) is 0 Å². The van der Waals surface area contributed by atoms with Crippen LogP contribution >= 0.6 is 0 Å². The average Bonchev–Trinajstić information content (AvgIpc) is 2.75. The molecular formula is C27H39NO5. The number of aliphatic hydroxyl groups excluding tert-OH is 1. The lowest BCUT2D eigenvalue weighted by atomic mass is 9.72. The van der Waals surface area contributed by atoms with Gasteiger partial charge >= 0.3 is 5.97 Å². The van der Waals surface area contributed by atoms with Crippen LogP contribution in [0.4, 0.5) is 0 Å². The summed E-state index contributed by atoms with van der Waals surface area (Å²) in [5.41, 5.74) is 2.87. The lowest BCUT2D eigenvalue weighted by Gasteiger charge is -2.33. The molecule has 2 rings (SSSR count). The van der Waals surface area contributed by atoms with E-state index in [1.165, 1.54) is 19.8 Å². The molecule has 0 fully saturated rings. The van der Waals surface area contributed by atoms with E-state index in [9.17, 15) is 9.90 Å². The summed E-state index contributed by atoms with van der Waals surface area (Å²) in [5.74, 6) is 0.754. The Kier molecular flexibility index (Phi) is 9.32. The van der Waals surface area contributed by atoms with Crippen molar-refractivity contribution in [2.75, 3.05) is 27.4 Å². The molecule has 0 saturated carbocycles. The summed E-state index contributed by atoms with van der Waals surface area (Å²) in [7, 11) is 2.85. The Hall–Kier alpha value is -2.57. The molecule has 6 heteroatoms. The minimum atomic E-state index is -0.666. The second-order valence-electron chi connectivity index (χ2n) is 10.3. The molecule has 0 bridgehead atoms. The smallest absolute Gasteiger partial charge is 0.341 e. The summed E-state index contributed by atoms with van der Waals surface area (Å²) in [6.45, 7) is 12.3. The van der Waals surface area contributed by atoms with Gasteiger partial charge in [0.1, 0.15) is 29.8 Å². The lowest BCUT2D eigenvalue weighted by Crippen LogP contribution is -2.31. The molecule has 0 amide bonds. The first-order chi connectivity index (χ1) is 15.4. The third-order valence-corrected chi connectivity index (χ3v) is 5.43. The van der Waals surface area contributed by atoms with Gasteiger partial charge < -0.3 is 24.6 Å². The fourth-order valence-electron chi connectivity index (χ4n) is 4.20. The van der Waals surface area contributed by atoms with Crippen LogP contribution in [0.2, 0.25) is 0 Å². The summed E-state index contributed by atoms with van der Waals surface area (Å²) in [4.78, 5) is 11.9. The number of methoxy groups -OCH3 is 2. The van der Waals surface area contributed by atoms with Crippen LogP contribution in [0.15, 0.2) is 42.5 Å². The first-order valence-corrected chi connectivity index (χ1v) is 11.3. The van der Waals surface area contributed by atoms with E-state index < -0.39 is 12.1 Å². The van der Waals surface area contributed by atoms with Gasteiger partial charge in [-0.05, 0) is 52.6 Å². The molecule has 0 radical (unpaired) electrons. The van der Waals surface area contributed by atoms with E-state index in [4.69, 9.17) is 14.2 Å². The van der Waals surface area contributed by atoms with Gasteiger partial charge in [0, 0.05) is 13.1 Å². The maximum atomic E-state index is 11.9. The Balaban J connectivity index is 1.83. The average molecular weight is 458 g/mol. The molecule has 2 aromatic rings. The molecule has 0 heterocycles. The van der Waals surface area contributed by atoms with E-state index >= 15 is 0 Å². The molecule has 0 aliphatic carbocycles. The van der Waals surface area contributed by atoms with Crippen molar-refractivity contribution in [1.82, 2.24) is 5.32 Å². The van der Waals surface area contributed by atoms with Gasteiger partial charge in [0.05, 0.1) is 14.2 Å². The predicted octanol–water partition coefficient (Wildman–Crippen LogP) is 4.73. The van der Waals surface area contributed by atoms with Gasteiger partial charge in [-0.1, -0.05) is 52.8 Å². The Morgan fingerprint density at radius 1 is 1.03 bits per heavy atom. The number of rotatable bonds is 11. The molecule has 33 heavy (non-hydrogen) atoms. The Labute approximate surface area is 198 Å². The van der Waals surface area contributed by atoms with Crippen molar-refractivity contribution < 1.29 is 24.1 Å². The van der Waals surface area contributed by atoms with Crippen LogP contribution in [0, 0.1) is 5.41 Å². The number of carbonyl (C=O) groups excluding carboxylic acids is 1. The highest BCUT2D eigenvalue weighted by Crippen LogP contribution is 2.36. The highest BCUT2D eigenvalue weighted by atomic mass is 16.5. The lowest BCUT2D eigenvalue weighted by molar-refractivity contribution is 0.0597. The van der Waals surface area contributed by atoms with Crippen molar-refractivity contribution in [3.8, 4) is 11.5 Å². The second-order valence-corrected chi connectivity index (χ2v) is 10.3. The SMILES string of the molecule is COC(=O)c1cc(CNC[C@H](O)COc2ccc(C(C)(C)CC(C)(C)C)cc2)ccc1OC. The normalized spacial score (nSPS) is 12.8. The number of hydrogen-bond acceptors (Lipinski definition) is 6. The molecule has 6 nitrogen and oxygen atoms in total. The Morgan fingerprint density at radius 2 is 1.70 bits per heavy atom. The molecule has 0 aliphatic rings. The second kappa shape index (κ2) is 11.5. The Bertz CT molecular complexity index is 900. The summed E-state index contributed by atoms with van der Waals surface area (Å²) < 4.78 is 15.8. The number of aliphatic hydroxyl groups is 1. The summed E-state index contributed by atoms with van der Waals surface area (Å²) in [6, 6.07) is 13.5. The van der Waals surface area contributed by atoms with Gasteiger partial charge in [-0.25, -0.2) is 4.79 Å². The van der Waals surface area contributed by atoms with Crippen LogP contribution in [-0.4, -0.2) is 44.6 Å². The van der Waals surface area contributed by atoms with Gasteiger partial charge in [0.15, 0.2) is 0 Å². The highest BCUT2D eigenvalue weighted by Gasteiger charge is 2.27. The molecule has 0 aromatic heterocycles. The third-order valence-electron chi connectivity index (χ3n) is 5.43. The standard InChI is InChI=1S/C27H39NO5/c1-26(2,3)18-27(4,5)20-9-11-22(12-10-20)33-17-21(29)16-28-15-19-8-13-24(31-6)23(14-19)25(30)32-7/h8-14,21,28-29H,15-18H2,1-7H3/t21-/m0/s1. The number of nitrogens with one attached hydrogen (secondary N) is 1. The minimum Gasteiger partial charge on any atom is -0.496 e. The van der Waals surface area contributed by atoms with Crippen LogP contribution in [-0.2, 0) is 16.7 Å². The topological polar surface area (TPSA) is 77.0 Å². The van der Waals surface area contributed by atoms with E-state index in [-0.39, 0.29) is 17.4 Å². The van der Waals surface area contributed by atoms with Crippen molar-refractivity contribution in [1.29, 1.82) is 0 Å². The van der Waals surface area contributed by atoms with E-state index in [1.807, 2.05) is 18.2 Å². The maximum Gasteiger partial charge on any atom is 0.341 e. The number of benzene rings is 2. The maximum absolute atomic E-state index is 11.9. The summed E-state index contributed by atoms with van der Waals surface area (Å²) in [6.07, 6.45) is 0.417. The van der Waals surface area contributed by atoms with Gasteiger partial charge in [-0.3, -0.25) is 0 Å². The van der Waals surface area contributed by atoms with Crippen LogP contribution in [0.3, 0.4) is 0 Å². The van der Waals surface area contributed by atoms with Crippen molar-refractivity contribution in [3.05, 3.63) is 59.2 Å². The van der Waals surface area contributed by atoms with Gasteiger partial charge in [-0.2, -0.15) is 0 Å². The first kappa shape index (κ1) is 26.7. The predicted molar refractivity (Wildman–Crippen MR) is 131 cm³/mol. The number of hydrogen-bond donors (Lipinski definition) is 2. The van der Waals surface area contributed by atoms with Crippen molar-refractivity contribution in [2.45, 2.75) is 59.1 Å². The molecule has 0 unspecified atom stereocenters. The van der Waals surface area contributed by atoms with Crippen LogP contribution in [0.1, 0.15) is 62.5 Å². The fraction of sp³-hybridized carbons (Fsp3) is 0.519. The van der Waals surface area contributed by atoms with E-state index in [0.29, 0.717) is 24.4 Å². The van der Waals surface area contributed by atoms with E-state index in [1.54, 1.807) is 12.1 Å². The zero-order valence-electron chi connectivity index (χ0n) is 21.0. The van der Waals surface area contributed by atoms with Crippen LogP contribution in [0.5, 0.6) is 11.5 Å². The number of esters is 1. The van der Waals surface area contributed by atoms with Crippen molar-refractivity contribution >= 4 is 5.97 Å². The van der Waals surface area contributed by atoms with Crippen molar-refractivity contribution in [2.24, 2.45) is 5.41 Å². The molecule has 2 N–H and O–H groups in total. The number of ether oxygens (including phenoxy) is 3. The quantitative estimate of drug-likeness (QED) is 0.475. The largest absolute Gasteiger partial charge is 0.496 e. The zero-order valence-corrected chi connectivity index (χ0v) is 21.0. The van der Waals surface area contributed by atoms with E-state index in [0.717, 1.165) is 17.7 Å². The van der Waals surface area contributed by atoms with Gasteiger partial charge in [-0.15, -0.1) is 0 Å². The zero-order chi connectivity index (χ0) is 24.6. The molecule has 0 saturated heterocycles. The van der Waals surface area contributed by atoms with Crippen LogP contribution in [0.25, 0.3) is 0 Å². The van der Waals surface area contributed by atoms with Gasteiger partial charge in [0.2, 0.25) is 0 Å². The first-order valence-electron chi connectivity index (χ1n) is 11.3. The molecule has 0 aliphatic heterocycles. The van der Waals surface area contributed by atoms with Gasteiger partial charge in [0.25, 0.3) is 0 Å². The number of carbonyl (C=O) groups is 1. The molecular weight excluding hydrogens is 418 g/mol. The monoisotopic (exact) mass is 457 g/mol. The summed E-state index contributed by atoms with van der Waals surface area (Å²) >= 11 is 0. The fourth-order valence-corrected chi connectivity index (χ4v) is 4.20. The molecule has 0 spiro atoms. The van der Waals surface area contributed by atoms with Crippen LogP contribution < -0.4 is 14.8 Å².